The Morgan fingerprint density at radius 1 is 1.45 bits per heavy atom. The molecule has 0 aliphatic carbocycles. The molecule has 1 amide bonds. The number of rotatable bonds is 5. The van der Waals surface area contributed by atoms with Crippen molar-refractivity contribution in [3.8, 4) is 5.69 Å². The van der Waals surface area contributed by atoms with Crippen molar-refractivity contribution >= 4 is 27.8 Å². The van der Waals surface area contributed by atoms with Crippen LogP contribution < -0.4 is 5.32 Å². The topological polar surface area (TPSA) is 84.2 Å². The quantitative estimate of drug-likeness (QED) is 0.851. The van der Waals surface area contributed by atoms with Gasteiger partial charge in [0.05, 0.1) is 29.1 Å². The molecule has 0 aliphatic rings. The molecule has 22 heavy (non-hydrogen) atoms. The van der Waals surface area contributed by atoms with Gasteiger partial charge < -0.3 is 10.4 Å². The lowest BCUT2D eigenvalue weighted by Crippen LogP contribution is -2.31. The predicted molar refractivity (Wildman–Crippen MR) is 85.1 cm³/mol. The van der Waals surface area contributed by atoms with Gasteiger partial charge in [0.2, 0.25) is 0 Å². The molecule has 0 saturated heterocycles. The molecule has 2 rings (SSSR count). The summed E-state index contributed by atoms with van der Waals surface area (Å²) in [6.45, 7) is 3.42. The van der Waals surface area contributed by atoms with E-state index in [1.54, 1.807) is 18.5 Å². The molecule has 0 radical (unpaired) electrons. The van der Waals surface area contributed by atoms with Gasteiger partial charge in [0.25, 0.3) is 5.91 Å². The highest BCUT2D eigenvalue weighted by molar-refractivity contribution is 9.10. The van der Waals surface area contributed by atoms with E-state index in [1.165, 1.54) is 6.20 Å². The summed E-state index contributed by atoms with van der Waals surface area (Å²) in [6, 6.07) is 7.57. The van der Waals surface area contributed by atoms with Gasteiger partial charge in [-0.25, -0.2) is 4.68 Å². The molecule has 0 spiro atoms. The minimum atomic E-state index is -0.943. The van der Waals surface area contributed by atoms with Crippen LogP contribution >= 0.6 is 15.9 Å². The summed E-state index contributed by atoms with van der Waals surface area (Å²) in [5.74, 6) is -1.90. The number of hydrogen-bond donors (Lipinski definition) is 2. The monoisotopic (exact) mass is 365 g/mol. The molecule has 6 nitrogen and oxygen atoms in total. The van der Waals surface area contributed by atoms with Crippen LogP contribution in [0.25, 0.3) is 5.69 Å². The zero-order valence-electron chi connectivity index (χ0n) is 12.2. The summed E-state index contributed by atoms with van der Waals surface area (Å²) in [6.07, 6.45) is 1.48. The summed E-state index contributed by atoms with van der Waals surface area (Å²) in [5, 5.41) is 15.7. The number of nitrogens with one attached hydrogen (secondary N) is 1. The minimum Gasteiger partial charge on any atom is -0.481 e. The second-order valence-electron chi connectivity index (χ2n) is 4.98. The smallest absolute Gasteiger partial charge is 0.308 e. The van der Waals surface area contributed by atoms with Gasteiger partial charge >= 0.3 is 5.97 Å². The summed E-state index contributed by atoms with van der Waals surface area (Å²) < 4.78 is 2.58. The maximum Gasteiger partial charge on any atom is 0.308 e. The highest BCUT2D eigenvalue weighted by Crippen LogP contribution is 2.18. The summed E-state index contributed by atoms with van der Waals surface area (Å²) >= 11 is 3.40. The Kier molecular flexibility index (Phi) is 4.97. The number of aliphatic carboxylic acids is 1. The normalized spacial score (nSPS) is 12.0. The van der Waals surface area contributed by atoms with Crippen molar-refractivity contribution in [3.63, 3.8) is 0 Å². The highest BCUT2D eigenvalue weighted by atomic mass is 79.9. The standard InChI is InChI=1S/C15H16BrN3O3/c1-9(15(21)22)7-17-14(20)13-8-18-19(10(13)2)12-5-3-4-11(16)6-12/h3-6,8-9H,7H2,1-2H3,(H,17,20)(H,21,22). The summed E-state index contributed by atoms with van der Waals surface area (Å²) in [7, 11) is 0. The van der Waals surface area contributed by atoms with Crippen LogP contribution in [-0.2, 0) is 4.79 Å². The zero-order valence-corrected chi connectivity index (χ0v) is 13.8. The molecule has 1 unspecified atom stereocenters. The molecule has 1 aromatic carbocycles. The molecule has 0 saturated carbocycles. The third-order valence-electron chi connectivity index (χ3n) is 3.30. The van der Waals surface area contributed by atoms with Crippen molar-refractivity contribution in [1.29, 1.82) is 0 Å². The lowest BCUT2D eigenvalue weighted by atomic mass is 10.1. The average molecular weight is 366 g/mol. The lowest BCUT2D eigenvalue weighted by molar-refractivity contribution is -0.140. The number of carboxylic acids is 1. The first-order chi connectivity index (χ1) is 10.4. The first-order valence-corrected chi connectivity index (χ1v) is 7.51. The number of carbonyl (C=O) groups excluding carboxylic acids is 1. The average Bonchev–Trinajstić information content (AvgIpc) is 2.86. The second-order valence-corrected chi connectivity index (χ2v) is 5.90. The molecule has 0 fully saturated rings. The Bertz CT molecular complexity index is 712. The van der Waals surface area contributed by atoms with E-state index in [0.29, 0.717) is 11.3 Å². The zero-order chi connectivity index (χ0) is 16.3. The van der Waals surface area contributed by atoms with Crippen molar-refractivity contribution in [2.24, 2.45) is 5.92 Å². The molecule has 0 bridgehead atoms. The number of benzene rings is 1. The molecule has 0 aliphatic heterocycles. The van der Waals surface area contributed by atoms with Crippen molar-refractivity contribution in [2.75, 3.05) is 6.54 Å². The Morgan fingerprint density at radius 3 is 2.82 bits per heavy atom. The maximum absolute atomic E-state index is 12.1. The van der Waals surface area contributed by atoms with E-state index < -0.39 is 11.9 Å². The molecule has 116 valence electrons. The molecule has 2 N–H and O–H groups in total. The molecule has 1 atom stereocenters. The fourth-order valence-corrected chi connectivity index (χ4v) is 2.32. The number of halogens is 1. The third kappa shape index (κ3) is 3.54. The molecular weight excluding hydrogens is 350 g/mol. The SMILES string of the molecule is Cc1c(C(=O)NCC(C)C(=O)O)cnn1-c1cccc(Br)c1. The Hall–Kier alpha value is -2.15. The van der Waals surface area contributed by atoms with Crippen LogP contribution in [-0.4, -0.2) is 33.3 Å². The van der Waals surface area contributed by atoms with Gasteiger partial charge in [-0.1, -0.05) is 28.9 Å². The van der Waals surface area contributed by atoms with Crippen molar-refractivity contribution in [3.05, 3.63) is 46.2 Å². The van der Waals surface area contributed by atoms with E-state index in [2.05, 4.69) is 26.3 Å². The van der Waals surface area contributed by atoms with Crippen LogP contribution in [0.5, 0.6) is 0 Å². The van der Waals surface area contributed by atoms with Crippen LogP contribution in [0.15, 0.2) is 34.9 Å². The summed E-state index contributed by atoms with van der Waals surface area (Å²) in [4.78, 5) is 22.9. The van der Waals surface area contributed by atoms with E-state index in [1.807, 2.05) is 24.3 Å². The number of hydrogen-bond acceptors (Lipinski definition) is 3. The maximum atomic E-state index is 12.1. The first kappa shape index (κ1) is 16.2. The molecular formula is C15H16BrN3O3. The number of aromatic nitrogens is 2. The fraction of sp³-hybridized carbons (Fsp3) is 0.267. The van der Waals surface area contributed by atoms with Crippen LogP contribution in [0.2, 0.25) is 0 Å². The fourth-order valence-electron chi connectivity index (χ4n) is 1.93. The van der Waals surface area contributed by atoms with Gasteiger partial charge in [-0.05, 0) is 25.1 Å². The number of carbonyl (C=O) groups is 2. The van der Waals surface area contributed by atoms with Gasteiger partial charge in [-0.2, -0.15) is 5.10 Å². The van der Waals surface area contributed by atoms with Gasteiger partial charge in [-0.3, -0.25) is 9.59 Å². The van der Waals surface area contributed by atoms with E-state index in [9.17, 15) is 9.59 Å². The number of amides is 1. The second kappa shape index (κ2) is 6.74. The molecule has 1 aromatic heterocycles. The minimum absolute atomic E-state index is 0.0790. The van der Waals surface area contributed by atoms with Crippen LogP contribution in [0, 0.1) is 12.8 Å². The van der Waals surface area contributed by atoms with Crippen LogP contribution in [0.4, 0.5) is 0 Å². The Balaban J connectivity index is 2.17. The first-order valence-electron chi connectivity index (χ1n) is 6.71. The van der Waals surface area contributed by atoms with E-state index >= 15 is 0 Å². The lowest BCUT2D eigenvalue weighted by Gasteiger charge is -2.09. The molecule has 2 aromatic rings. The number of carboxylic acid groups (broad SMARTS) is 1. The van der Waals surface area contributed by atoms with Crippen molar-refractivity contribution in [2.45, 2.75) is 13.8 Å². The van der Waals surface area contributed by atoms with E-state index in [0.717, 1.165) is 10.2 Å². The van der Waals surface area contributed by atoms with Gasteiger partial charge in [0, 0.05) is 11.0 Å². The molecule has 7 heteroatoms. The van der Waals surface area contributed by atoms with Gasteiger partial charge in [-0.15, -0.1) is 0 Å². The van der Waals surface area contributed by atoms with Crippen LogP contribution in [0.3, 0.4) is 0 Å². The Labute approximate surface area is 136 Å². The highest BCUT2D eigenvalue weighted by Gasteiger charge is 2.17. The van der Waals surface area contributed by atoms with Crippen molar-refractivity contribution in [1.82, 2.24) is 15.1 Å². The van der Waals surface area contributed by atoms with Gasteiger partial charge in [0.15, 0.2) is 0 Å². The molecule has 1 heterocycles. The largest absolute Gasteiger partial charge is 0.481 e. The van der Waals surface area contributed by atoms with E-state index in [-0.39, 0.29) is 12.5 Å². The summed E-state index contributed by atoms with van der Waals surface area (Å²) in [5.41, 5.74) is 1.96. The van der Waals surface area contributed by atoms with Gasteiger partial charge in [0.1, 0.15) is 0 Å². The van der Waals surface area contributed by atoms with Crippen LogP contribution in [0.1, 0.15) is 23.0 Å². The Morgan fingerprint density at radius 2 is 2.18 bits per heavy atom. The van der Waals surface area contributed by atoms with E-state index in [4.69, 9.17) is 5.11 Å². The van der Waals surface area contributed by atoms with Crippen molar-refractivity contribution < 1.29 is 14.7 Å². The third-order valence-corrected chi connectivity index (χ3v) is 3.79. The predicted octanol–water partition coefficient (Wildman–Crippen LogP) is 2.39. The number of nitrogens with zero attached hydrogens (tertiary/aromatic N) is 2.